The Bertz CT molecular complexity index is 702. The van der Waals surface area contributed by atoms with E-state index in [0.717, 1.165) is 12.8 Å². The molecule has 5 nitrogen and oxygen atoms in total. The van der Waals surface area contributed by atoms with E-state index in [4.69, 9.17) is 4.42 Å². The molecule has 1 aliphatic carbocycles. The van der Waals surface area contributed by atoms with Crippen molar-refractivity contribution in [2.75, 3.05) is 10.6 Å². The van der Waals surface area contributed by atoms with Gasteiger partial charge in [-0.3, -0.25) is 9.59 Å². The number of amides is 2. The van der Waals surface area contributed by atoms with Crippen molar-refractivity contribution < 1.29 is 14.0 Å². The second-order valence-electron chi connectivity index (χ2n) is 5.53. The number of hydrogen-bond acceptors (Lipinski definition) is 3. The number of benzene rings is 1. The number of allylic oxidation sites excluding steroid dienone is 2. The topological polar surface area (TPSA) is 71.3 Å². The molecule has 1 aliphatic rings. The van der Waals surface area contributed by atoms with Crippen LogP contribution in [0.3, 0.4) is 0 Å². The van der Waals surface area contributed by atoms with Gasteiger partial charge < -0.3 is 15.1 Å². The molecule has 0 unspecified atom stereocenters. The molecule has 2 amide bonds. The lowest BCUT2D eigenvalue weighted by molar-refractivity contribution is -0.116. The van der Waals surface area contributed by atoms with Crippen molar-refractivity contribution >= 4 is 23.2 Å². The van der Waals surface area contributed by atoms with Gasteiger partial charge in [-0.05, 0) is 55.2 Å². The monoisotopic (exact) mass is 310 g/mol. The highest BCUT2D eigenvalue weighted by Gasteiger charge is 2.14. The van der Waals surface area contributed by atoms with Gasteiger partial charge in [0.2, 0.25) is 5.91 Å². The molecule has 0 aliphatic heterocycles. The van der Waals surface area contributed by atoms with Crippen molar-refractivity contribution in [3.8, 4) is 0 Å². The zero-order valence-corrected chi connectivity index (χ0v) is 12.6. The summed E-state index contributed by atoms with van der Waals surface area (Å²) in [5.41, 5.74) is 1.36. The van der Waals surface area contributed by atoms with Crippen molar-refractivity contribution in [3.05, 3.63) is 60.6 Å². The fourth-order valence-corrected chi connectivity index (χ4v) is 2.55. The first-order valence-corrected chi connectivity index (χ1v) is 7.62. The summed E-state index contributed by atoms with van der Waals surface area (Å²) < 4.78 is 5.03. The minimum atomic E-state index is -0.306. The summed E-state index contributed by atoms with van der Waals surface area (Å²) in [6, 6.07) is 10.3. The Balaban J connectivity index is 1.53. The highest BCUT2D eigenvalue weighted by atomic mass is 16.3. The summed E-state index contributed by atoms with van der Waals surface area (Å²) in [4.78, 5) is 23.8. The Morgan fingerprint density at radius 3 is 2.43 bits per heavy atom. The van der Waals surface area contributed by atoms with E-state index in [-0.39, 0.29) is 17.6 Å². The molecule has 3 rings (SSSR count). The first-order chi connectivity index (χ1) is 11.2. The smallest absolute Gasteiger partial charge is 0.291 e. The van der Waals surface area contributed by atoms with Crippen molar-refractivity contribution in [2.24, 2.45) is 5.92 Å². The van der Waals surface area contributed by atoms with Gasteiger partial charge in [0.05, 0.1) is 6.26 Å². The molecule has 23 heavy (non-hydrogen) atoms. The van der Waals surface area contributed by atoms with Gasteiger partial charge in [-0.1, -0.05) is 12.2 Å². The highest BCUT2D eigenvalue weighted by molar-refractivity contribution is 6.02. The Morgan fingerprint density at radius 2 is 1.83 bits per heavy atom. The van der Waals surface area contributed by atoms with Gasteiger partial charge >= 0.3 is 0 Å². The average molecular weight is 310 g/mol. The van der Waals surface area contributed by atoms with E-state index in [1.54, 1.807) is 36.4 Å². The van der Waals surface area contributed by atoms with Crippen LogP contribution in [-0.2, 0) is 4.79 Å². The van der Waals surface area contributed by atoms with Crippen LogP contribution in [-0.4, -0.2) is 11.8 Å². The molecule has 0 fully saturated rings. The molecular weight excluding hydrogens is 292 g/mol. The first kappa shape index (κ1) is 15.1. The van der Waals surface area contributed by atoms with Crippen LogP contribution in [0.15, 0.2) is 59.2 Å². The van der Waals surface area contributed by atoms with Crippen LogP contribution in [0.2, 0.25) is 0 Å². The quantitative estimate of drug-likeness (QED) is 0.825. The van der Waals surface area contributed by atoms with E-state index in [2.05, 4.69) is 22.8 Å². The predicted octanol–water partition coefficient (Wildman–Crippen LogP) is 3.83. The first-order valence-electron chi connectivity index (χ1n) is 7.62. The molecule has 0 radical (unpaired) electrons. The van der Waals surface area contributed by atoms with Gasteiger partial charge in [-0.2, -0.15) is 0 Å². The zero-order chi connectivity index (χ0) is 16.1. The molecule has 1 atom stereocenters. The van der Waals surface area contributed by atoms with Crippen molar-refractivity contribution in [1.82, 2.24) is 0 Å². The third-order valence-corrected chi connectivity index (χ3v) is 3.73. The van der Waals surface area contributed by atoms with Gasteiger partial charge in [0, 0.05) is 17.8 Å². The number of anilines is 2. The standard InChI is InChI=1S/C18H18N2O3/c21-17(12-13-4-1-2-5-13)19-14-7-9-15(10-8-14)20-18(22)16-6-3-11-23-16/h1,3-4,6-11,13H,2,5,12H2,(H,19,21)(H,20,22)/t13-/m0/s1. The molecule has 0 saturated carbocycles. The third kappa shape index (κ3) is 4.10. The van der Waals surface area contributed by atoms with Crippen LogP contribution in [0.25, 0.3) is 0 Å². The molecular formula is C18H18N2O3. The van der Waals surface area contributed by atoms with Crippen molar-refractivity contribution in [3.63, 3.8) is 0 Å². The van der Waals surface area contributed by atoms with Gasteiger partial charge in [0.25, 0.3) is 5.91 Å². The van der Waals surface area contributed by atoms with Crippen LogP contribution in [0, 0.1) is 5.92 Å². The highest BCUT2D eigenvalue weighted by Crippen LogP contribution is 2.21. The van der Waals surface area contributed by atoms with E-state index in [0.29, 0.717) is 23.7 Å². The second kappa shape index (κ2) is 6.96. The molecule has 118 valence electrons. The zero-order valence-electron chi connectivity index (χ0n) is 12.6. The summed E-state index contributed by atoms with van der Waals surface area (Å²) >= 11 is 0. The number of carbonyl (C=O) groups is 2. The van der Waals surface area contributed by atoms with Gasteiger partial charge in [0.15, 0.2) is 5.76 Å². The molecule has 1 heterocycles. The fourth-order valence-electron chi connectivity index (χ4n) is 2.55. The van der Waals surface area contributed by atoms with Gasteiger partial charge in [-0.15, -0.1) is 0 Å². The Kier molecular flexibility index (Phi) is 4.57. The number of carbonyl (C=O) groups excluding carboxylic acids is 2. The fraction of sp³-hybridized carbons (Fsp3) is 0.222. The Morgan fingerprint density at radius 1 is 1.09 bits per heavy atom. The molecule has 2 aromatic rings. The number of nitrogens with one attached hydrogen (secondary N) is 2. The van der Waals surface area contributed by atoms with Crippen LogP contribution >= 0.6 is 0 Å². The largest absolute Gasteiger partial charge is 0.459 e. The summed E-state index contributed by atoms with van der Waals surface area (Å²) in [6.45, 7) is 0. The molecule has 1 aromatic carbocycles. The normalized spacial score (nSPS) is 16.3. The predicted molar refractivity (Wildman–Crippen MR) is 88.2 cm³/mol. The summed E-state index contributed by atoms with van der Waals surface area (Å²) in [6.07, 6.45) is 8.29. The van der Waals surface area contributed by atoms with E-state index in [9.17, 15) is 9.59 Å². The van der Waals surface area contributed by atoms with Gasteiger partial charge in [0.1, 0.15) is 0 Å². The van der Waals surface area contributed by atoms with Crippen molar-refractivity contribution in [2.45, 2.75) is 19.3 Å². The van der Waals surface area contributed by atoms with E-state index < -0.39 is 0 Å². The summed E-state index contributed by atoms with van der Waals surface area (Å²) in [5.74, 6) is 0.308. The van der Waals surface area contributed by atoms with Gasteiger partial charge in [-0.25, -0.2) is 0 Å². The number of rotatable bonds is 5. The second-order valence-corrected chi connectivity index (χ2v) is 5.53. The molecule has 0 saturated heterocycles. The van der Waals surface area contributed by atoms with Crippen LogP contribution in [0.5, 0.6) is 0 Å². The molecule has 0 spiro atoms. The van der Waals surface area contributed by atoms with Crippen molar-refractivity contribution in [1.29, 1.82) is 0 Å². The summed E-state index contributed by atoms with van der Waals surface area (Å²) in [7, 11) is 0. The van der Waals surface area contributed by atoms with Crippen LogP contribution in [0.4, 0.5) is 11.4 Å². The Hall–Kier alpha value is -2.82. The lowest BCUT2D eigenvalue weighted by atomic mass is 10.1. The average Bonchev–Trinajstić information content (AvgIpc) is 3.22. The Labute approximate surface area is 134 Å². The lowest BCUT2D eigenvalue weighted by Crippen LogP contribution is -2.15. The summed E-state index contributed by atoms with van der Waals surface area (Å²) in [5, 5.41) is 5.60. The maximum absolute atomic E-state index is 12.0. The van der Waals surface area contributed by atoms with E-state index in [1.165, 1.54) is 6.26 Å². The van der Waals surface area contributed by atoms with E-state index >= 15 is 0 Å². The minimum absolute atomic E-state index is 0.00826. The van der Waals surface area contributed by atoms with E-state index in [1.807, 2.05) is 0 Å². The number of hydrogen-bond donors (Lipinski definition) is 2. The van der Waals surface area contributed by atoms with Crippen LogP contribution in [0.1, 0.15) is 29.8 Å². The lowest BCUT2D eigenvalue weighted by Gasteiger charge is -2.09. The molecule has 1 aromatic heterocycles. The number of furan rings is 1. The minimum Gasteiger partial charge on any atom is -0.459 e. The third-order valence-electron chi connectivity index (χ3n) is 3.73. The van der Waals surface area contributed by atoms with Crippen LogP contribution < -0.4 is 10.6 Å². The molecule has 0 bridgehead atoms. The SMILES string of the molecule is O=C(C[C@H]1C=CCC1)Nc1ccc(NC(=O)c2ccco2)cc1. The maximum Gasteiger partial charge on any atom is 0.291 e. The molecule has 2 N–H and O–H groups in total. The maximum atomic E-state index is 12.0. The molecule has 5 heteroatoms.